The van der Waals surface area contributed by atoms with Gasteiger partial charge in [-0.25, -0.2) is 9.37 Å². The molecule has 5 heteroatoms. The van der Waals surface area contributed by atoms with E-state index in [0.717, 1.165) is 16.7 Å². The van der Waals surface area contributed by atoms with Crippen molar-refractivity contribution in [1.82, 2.24) is 14.9 Å². The van der Waals surface area contributed by atoms with Crippen molar-refractivity contribution < 1.29 is 9.18 Å². The molecule has 0 fully saturated rings. The first-order chi connectivity index (χ1) is 11.8. The van der Waals surface area contributed by atoms with Gasteiger partial charge in [-0.15, -0.1) is 0 Å². The highest BCUT2D eigenvalue weighted by Gasteiger charge is 2.23. The number of carbonyl (C=O) groups excluding carboxylic acids is 1. The lowest BCUT2D eigenvalue weighted by molar-refractivity contribution is 0.0912. The van der Waals surface area contributed by atoms with Crippen molar-refractivity contribution in [2.45, 2.75) is 32.7 Å². The van der Waals surface area contributed by atoms with Gasteiger partial charge in [-0.1, -0.05) is 18.2 Å². The maximum absolute atomic E-state index is 13.9. The van der Waals surface area contributed by atoms with Gasteiger partial charge in [0.2, 0.25) is 0 Å². The molecule has 0 saturated heterocycles. The summed E-state index contributed by atoms with van der Waals surface area (Å²) in [6, 6.07) is 10.5. The molecule has 0 aliphatic rings. The summed E-state index contributed by atoms with van der Waals surface area (Å²) in [5.74, 6) is -0.468. The molecule has 25 heavy (non-hydrogen) atoms. The molecule has 130 valence electrons. The third kappa shape index (κ3) is 3.55. The smallest absolute Gasteiger partial charge is 0.253 e. The van der Waals surface area contributed by atoms with Crippen LogP contribution >= 0.6 is 0 Å². The number of rotatable bonds is 4. The van der Waals surface area contributed by atoms with Crippen LogP contribution in [0.2, 0.25) is 0 Å². The molecule has 3 aromatic rings. The molecule has 0 atom stereocenters. The molecule has 0 aliphatic heterocycles. The van der Waals surface area contributed by atoms with Gasteiger partial charge in [0.1, 0.15) is 11.5 Å². The standard InChI is InChI=1S/C20H22FN3O/c1-13-9-15-10-16(12-22-18(15)24(13)4)19(25)23-20(2,3)11-14-7-5-6-8-17(14)21/h5-10,12H,11H2,1-4H3,(H,23,25). The first kappa shape index (κ1) is 17.1. The minimum Gasteiger partial charge on any atom is -0.347 e. The molecule has 0 bridgehead atoms. The summed E-state index contributed by atoms with van der Waals surface area (Å²) in [5.41, 5.74) is 2.43. The minimum atomic E-state index is -0.583. The lowest BCUT2D eigenvalue weighted by Crippen LogP contribution is -2.45. The van der Waals surface area contributed by atoms with Gasteiger partial charge in [0, 0.05) is 29.9 Å². The second kappa shape index (κ2) is 6.31. The van der Waals surface area contributed by atoms with Crippen molar-refractivity contribution >= 4 is 16.9 Å². The molecule has 3 rings (SSSR count). The van der Waals surface area contributed by atoms with Gasteiger partial charge in [-0.05, 0) is 51.0 Å². The maximum atomic E-state index is 13.9. The highest BCUT2D eigenvalue weighted by molar-refractivity contribution is 5.97. The van der Waals surface area contributed by atoms with Gasteiger partial charge < -0.3 is 9.88 Å². The third-order valence-corrected chi connectivity index (χ3v) is 4.41. The molecule has 0 unspecified atom stereocenters. The van der Waals surface area contributed by atoms with E-state index in [4.69, 9.17) is 0 Å². The van der Waals surface area contributed by atoms with Crippen molar-refractivity contribution in [3.8, 4) is 0 Å². The van der Waals surface area contributed by atoms with E-state index in [1.807, 2.05) is 44.5 Å². The van der Waals surface area contributed by atoms with E-state index in [2.05, 4.69) is 10.3 Å². The van der Waals surface area contributed by atoms with E-state index in [9.17, 15) is 9.18 Å². The number of nitrogens with zero attached hydrogens (tertiary/aromatic N) is 2. The quantitative estimate of drug-likeness (QED) is 0.786. The number of carbonyl (C=O) groups is 1. The molecule has 2 heterocycles. The molecule has 1 aromatic carbocycles. The number of hydrogen-bond donors (Lipinski definition) is 1. The monoisotopic (exact) mass is 339 g/mol. The van der Waals surface area contributed by atoms with E-state index in [-0.39, 0.29) is 11.7 Å². The van der Waals surface area contributed by atoms with Crippen molar-refractivity contribution in [3.05, 3.63) is 65.2 Å². The maximum Gasteiger partial charge on any atom is 0.253 e. The predicted molar refractivity (Wildman–Crippen MR) is 97.1 cm³/mol. The Morgan fingerprint density at radius 1 is 1.28 bits per heavy atom. The van der Waals surface area contributed by atoms with Crippen LogP contribution in [0.5, 0.6) is 0 Å². The van der Waals surface area contributed by atoms with E-state index >= 15 is 0 Å². The highest BCUT2D eigenvalue weighted by Crippen LogP contribution is 2.19. The number of pyridine rings is 1. The zero-order chi connectivity index (χ0) is 18.2. The molecule has 0 saturated carbocycles. The number of nitrogens with one attached hydrogen (secondary N) is 1. The predicted octanol–water partition coefficient (Wildman–Crippen LogP) is 3.77. The number of aryl methyl sites for hydroxylation is 2. The van der Waals surface area contributed by atoms with Crippen molar-refractivity contribution in [3.63, 3.8) is 0 Å². The van der Waals surface area contributed by atoms with Gasteiger partial charge in [0.25, 0.3) is 5.91 Å². The Hall–Kier alpha value is -2.69. The minimum absolute atomic E-state index is 0.211. The van der Waals surface area contributed by atoms with Crippen LogP contribution in [-0.4, -0.2) is 21.0 Å². The average molecular weight is 339 g/mol. The molecule has 2 aromatic heterocycles. The van der Waals surface area contributed by atoms with E-state index in [0.29, 0.717) is 17.5 Å². The van der Waals surface area contributed by atoms with Gasteiger partial charge in [-0.2, -0.15) is 0 Å². The summed E-state index contributed by atoms with van der Waals surface area (Å²) in [6.07, 6.45) is 1.99. The van der Waals surface area contributed by atoms with Gasteiger partial charge in [0.15, 0.2) is 0 Å². The highest BCUT2D eigenvalue weighted by atomic mass is 19.1. The average Bonchev–Trinajstić information content (AvgIpc) is 2.83. The summed E-state index contributed by atoms with van der Waals surface area (Å²) in [4.78, 5) is 17.0. The molecule has 0 spiro atoms. The summed E-state index contributed by atoms with van der Waals surface area (Å²) in [7, 11) is 1.95. The Bertz CT molecular complexity index is 943. The largest absolute Gasteiger partial charge is 0.347 e. The van der Waals surface area contributed by atoms with Gasteiger partial charge in [-0.3, -0.25) is 4.79 Å². The van der Waals surface area contributed by atoms with Crippen LogP contribution in [0.3, 0.4) is 0 Å². The van der Waals surface area contributed by atoms with Crippen LogP contribution in [0.25, 0.3) is 11.0 Å². The SMILES string of the molecule is Cc1cc2cc(C(=O)NC(C)(C)Cc3ccccc3F)cnc2n1C. The molecule has 1 amide bonds. The Labute approximate surface area is 146 Å². The van der Waals surface area contributed by atoms with E-state index in [1.165, 1.54) is 6.07 Å². The first-order valence-electron chi connectivity index (χ1n) is 8.25. The van der Waals surface area contributed by atoms with E-state index < -0.39 is 5.54 Å². The van der Waals surface area contributed by atoms with Crippen molar-refractivity contribution in [2.75, 3.05) is 0 Å². The summed E-state index contributed by atoms with van der Waals surface area (Å²) in [5, 5.41) is 3.91. The Morgan fingerprint density at radius 2 is 2.00 bits per heavy atom. The molecule has 0 aliphatic carbocycles. The zero-order valence-electron chi connectivity index (χ0n) is 14.9. The fraction of sp³-hybridized carbons (Fsp3) is 0.300. The Morgan fingerprint density at radius 3 is 2.72 bits per heavy atom. The lowest BCUT2D eigenvalue weighted by Gasteiger charge is -2.26. The number of fused-ring (bicyclic) bond motifs is 1. The van der Waals surface area contributed by atoms with Crippen molar-refractivity contribution in [2.24, 2.45) is 7.05 Å². The number of halogens is 1. The number of hydrogen-bond acceptors (Lipinski definition) is 2. The van der Waals surface area contributed by atoms with Crippen LogP contribution in [0.1, 0.15) is 35.5 Å². The van der Waals surface area contributed by atoms with Crippen LogP contribution in [-0.2, 0) is 13.5 Å². The number of aromatic nitrogens is 2. The number of benzene rings is 1. The van der Waals surface area contributed by atoms with Crippen LogP contribution in [0, 0.1) is 12.7 Å². The van der Waals surface area contributed by atoms with Gasteiger partial charge >= 0.3 is 0 Å². The van der Waals surface area contributed by atoms with Crippen LogP contribution in [0.4, 0.5) is 4.39 Å². The second-order valence-electron chi connectivity index (χ2n) is 7.09. The summed E-state index contributed by atoms with van der Waals surface area (Å²) >= 11 is 0. The lowest BCUT2D eigenvalue weighted by atomic mass is 9.94. The number of amides is 1. The fourth-order valence-corrected chi connectivity index (χ4v) is 3.02. The molecule has 1 N–H and O–H groups in total. The topological polar surface area (TPSA) is 46.9 Å². The van der Waals surface area contributed by atoms with Gasteiger partial charge in [0.05, 0.1) is 5.56 Å². The molecule has 4 nitrogen and oxygen atoms in total. The normalized spacial score (nSPS) is 11.7. The van der Waals surface area contributed by atoms with Crippen LogP contribution < -0.4 is 5.32 Å². The molecular formula is C20H22FN3O. The van der Waals surface area contributed by atoms with Crippen molar-refractivity contribution in [1.29, 1.82) is 0 Å². The summed E-state index contributed by atoms with van der Waals surface area (Å²) in [6.45, 7) is 5.77. The van der Waals surface area contributed by atoms with Crippen LogP contribution in [0.15, 0.2) is 42.6 Å². The molecule has 0 radical (unpaired) electrons. The first-order valence-corrected chi connectivity index (χ1v) is 8.25. The van der Waals surface area contributed by atoms with E-state index in [1.54, 1.807) is 24.4 Å². The molecular weight excluding hydrogens is 317 g/mol. The Balaban J connectivity index is 1.80. The summed E-state index contributed by atoms with van der Waals surface area (Å²) < 4.78 is 15.9. The second-order valence-corrected chi connectivity index (χ2v) is 7.09. The fourth-order valence-electron chi connectivity index (χ4n) is 3.02. The zero-order valence-corrected chi connectivity index (χ0v) is 14.9. The third-order valence-electron chi connectivity index (χ3n) is 4.41. The Kier molecular flexibility index (Phi) is 4.33.